The van der Waals surface area contributed by atoms with E-state index in [9.17, 15) is 4.39 Å². The first-order chi connectivity index (χ1) is 10.8. The molecule has 22 heavy (non-hydrogen) atoms. The van der Waals surface area contributed by atoms with Gasteiger partial charge in [-0.3, -0.25) is 9.38 Å². The lowest BCUT2D eigenvalue weighted by Gasteiger charge is -2.05. The van der Waals surface area contributed by atoms with Crippen LogP contribution in [0.4, 0.5) is 4.39 Å². The first-order valence-corrected chi connectivity index (χ1v) is 6.96. The van der Waals surface area contributed by atoms with Crippen LogP contribution in [0.1, 0.15) is 0 Å². The Kier molecular flexibility index (Phi) is 2.93. The minimum absolute atomic E-state index is 0.270. The third-order valence-corrected chi connectivity index (χ3v) is 3.59. The zero-order valence-electron chi connectivity index (χ0n) is 11.6. The Morgan fingerprint density at radius 3 is 2.45 bits per heavy atom. The summed E-state index contributed by atoms with van der Waals surface area (Å²) in [6.07, 6.45) is 5.41. The Balaban J connectivity index is 1.90. The van der Waals surface area contributed by atoms with E-state index in [-0.39, 0.29) is 5.82 Å². The molecule has 0 N–H and O–H groups in total. The Labute approximate surface area is 126 Å². The molecule has 0 aliphatic heterocycles. The van der Waals surface area contributed by atoms with Crippen molar-refractivity contribution in [3.63, 3.8) is 0 Å². The van der Waals surface area contributed by atoms with Crippen molar-refractivity contribution in [1.29, 1.82) is 0 Å². The van der Waals surface area contributed by atoms with Gasteiger partial charge in [0.15, 0.2) is 5.65 Å². The van der Waals surface area contributed by atoms with Gasteiger partial charge in [0.25, 0.3) is 0 Å². The van der Waals surface area contributed by atoms with Gasteiger partial charge in [-0.05, 0) is 12.1 Å². The predicted octanol–water partition coefficient (Wildman–Crippen LogP) is 4.20. The quantitative estimate of drug-likeness (QED) is 0.553. The van der Waals surface area contributed by atoms with Crippen LogP contribution >= 0.6 is 0 Å². The van der Waals surface area contributed by atoms with E-state index in [0.717, 1.165) is 22.5 Å². The van der Waals surface area contributed by atoms with Gasteiger partial charge in [-0.2, -0.15) is 0 Å². The second-order valence-electron chi connectivity index (χ2n) is 5.02. The molecule has 0 saturated carbocycles. The van der Waals surface area contributed by atoms with Crippen LogP contribution in [0.3, 0.4) is 0 Å². The first-order valence-electron chi connectivity index (χ1n) is 6.96. The number of aromatic nitrogens is 3. The second kappa shape index (κ2) is 5.07. The zero-order chi connectivity index (χ0) is 14.9. The number of rotatable bonds is 2. The molecule has 0 radical (unpaired) electrons. The summed E-state index contributed by atoms with van der Waals surface area (Å²) in [6.45, 7) is 0. The fourth-order valence-electron chi connectivity index (χ4n) is 2.51. The minimum Gasteiger partial charge on any atom is -0.296 e. The van der Waals surface area contributed by atoms with Gasteiger partial charge in [-0.25, -0.2) is 9.37 Å². The first kappa shape index (κ1) is 12.7. The third-order valence-electron chi connectivity index (χ3n) is 3.59. The summed E-state index contributed by atoms with van der Waals surface area (Å²) >= 11 is 0. The standard InChI is InChI=1S/C18H12FN3/c19-15-8-4-7-14(9-15)16-12-22-17(10-21-18(22)11-20-16)13-5-2-1-3-6-13/h1-12H. The van der Waals surface area contributed by atoms with Crippen LogP contribution in [0.5, 0.6) is 0 Å². The van der Waals surface area contributed by atoms with E-state index in [4.69, 9.17) is 0 Å². The van der Waals surface area contributed by atoms with Gasteiger partial charge in [0.05, 0.1) is 23.8 Å². The molecule has 0 fully saturated rings. The molecule has 0 aliphatic carbocycles. The number of benzene rings is 2. The van der Waals surface area contributed by atoms with Crippen molar-refractivity contribution in [1.82, 2.24) is 14.4 Å². The summed E-state index contributed by atoms with van der Waals surface area (Å²) in [7, 11) is 0. The summed E-state index contributed by atoms with van der Waals surface area (Å²) in [4.78, 5) is 8.75. The van der Waals surface area contributed by atoms with Crippen molar-refractivity contribution in [3.8, 4) is 22.5 Å². The van der Waals surface area contributed by atoms with Crippen molar-refractivity contribution < 1.29 is 4.39 Å². The highest BCUT2D eigenvalue weighted by molar-refractivity contribution is 5.66. The van der Waals surface area contributed by atoms with Crippen LogP contribution in [0.25, 0.3) is 28.2 Å². The Bertz CT molecular complexity index is 945. The number of imidazole rings is 1. The lowest BCUT2D eigenvalue weighted by Crippen LogP contribution is -1.93. The van der Waals surface area contributed by atoms with Gasteiger partial charge < -0.3 is 0 Å². The molecule has 3 nitrogen and oxygen atoms in total. The maximum Gasteiger partial charge on any atom is 0.155 e. The largest absolute Gasteiger partial charge is 0.296 e. The summed E-state index contributed by atoms with van der Waals surface area (Å²) < 4.78 is 15.4. The van der Waals surface area contributed by atoms with Gasteiger partial charge in [0.2, 0.25) is 0 Å². The van der Waals surface area contributed by atoms with E-state index in [0.29, 0.717) is 5.69 Å². The van der Waals surface area contributed by atoms with Crippen molar-refractivity contribution in [2.75, 3.05) is 0 Å². The van der Waals surface area contributed by atoms with E-state index < -0.39 is 0 Å². The van der Waals surface area contributed by atoms with Crippen LogP contribution < -0.4 is 0 Å². The van der Waals surface area contributed by atoms with Gasteiger partial charge in [0, 0.05) is 17.3 Å². The molecule has 4 rings (SSSR count). The van der Waals surface area contributed by atoms with E-state index >= 15 is 0 Å². The van der Waals surface area contributed by atoms with Crippen molar-refractivity contribution in [3.05, 3.63) is 79.0 Å². The molecule has 0 spiro atoms. The van der Waals surface area contributed by atoms with Crippen LogP contribution in [0, 0.1) is 5.82 Å². The average molecular weight is 289 g/mol. The van der Waals surface area contributed by atoms with Crippen molar-refractivity contribution in [2.24, 2.45) is 0 Å². The van der Waals surface area contributed by atoms with Crippen LogP contribution in [-0.4, -0.2) is 14.4 Å². The molecular weight excluding hydrogens is 277 g/mol. The molecule has 2 aromatic carbocycles. The van der Waals surface area contributed by atoms with Gasteiger partial charge in [-0.1, -0.05) is 42.5 Å². The molecule has 0 atom stereocenters. The Morgan fingerprint density at radius 1 is 0.818 bits per heavy atom. The van der Waals surface area contributed by atoms with Crippen LogP contribution in [0.2, 0.25) is 0 Å². The predicted molar refractivity (Wildman–Crippen MR) is 83.8 cm³/mol. The number of fused-ring (bicyclic) bond motifs is 1. The molecular formula is C18H12FN3. The normalized spacial score (nSPS) is 11.0. The van der Waals surface area contributed by atoms with Crippen molar-refractivity contribution >= 4 is 5.65 Å². The molecule has 0 amide bonds. The topological polar surface area (TPSA) is 30.2 Å². The average Bonchev–Trinajstić information content (AvgIpc) is 2.99. The second-order valence-corrected chi connectivity index (χ2v) is 5.02. The van der Waals surface area contributed by atoms with E-state index in [1.54, 1.807) is 12.3 Å². The van der Waals surface area contributed by atoms with E-state index in [1.165, 1.54) is 12.1 Å². The maximum absolute atomic E-state index is 13.4. The summed E-state index contributed by atoms with van der Waals surface area (Å²) in [6, 6.07) is 16.5. The number of halogens is 1. The summed E-state index contributed by atoms with van der Waals surface area (Å²) in [5, 5.41) is 0. The lowest BCUT2D eigenvalue weighted by molar-refractivity contribution is 0.628. The van der Waals surface area contributed by atoms with E-state index in [1.807, 2.05) is 53.2 Å². The smallest absolute Gasteiger partial charge is 0.155 e. The monoisotopic (exact) mass is 289 g/mol. The highest BCUT2D eigenvalue weighted by Crippen LogP contribution is 2.23. The zero-order valence-corrected chi connectivity index (χ0v) is 11.6. The fraction of sp³-hybridized carbons (Fsp3) is 0. The van der Waals surface area contributed by atoms with Gasteiger partial charge >= 0.3 is 0 Å². The minimum atomic E-state index is -0.270. The molecule has 0 saturated heterocycles. The summed E-state index contributed by atoms with van der Waals surface area (Å²) in [5.41, 5.74) is 4.28. The van der Waals surface area contributed by atoms with Crippen LogP contribution in [-0.2, 0) is 0 Å². The fourth-order valence-corrected chi connectivity index (χ4v) is 2.51. The van der Waals surface area contributed by atoms with Gasteiger partial charge in [0.1, 0.15) is 5.82 Å². The number of hydrogen-bond acceptors (Lipinski definition) is 2. The molecule has 2 heterocycles. The van der Waals surface area contributed by atoms with Crippen molar-refractivity contribution in [2.45, 2.75) is 0 Å². The molecule has 0 unspecified atom stereocenters. The Hall–Kier alpha value is -3.01. The molecule has 2 aromatic heterocycles. The molecule has 4 aromatic rings. The number of hydrogen-bond donors (Lipinski definition) is 0. The molecule has 4 heteroatoms. The molecule has 106 valence electrons. The lowest BCUT2D eigenvalue weighted by atomic mass is 10.1. The summed E-state index contributed by atoms with van der Waals surface area (Å²) in [5.74, 6) is -0.270. The van der Waals surface area contributed by atoms with E-state index in [2.05, 4.69) is 9.97 Å². The molecule has 0 aliphatic rings. The molecule has 0 bridgehead atoms. The highest BCUT2D eigenvalue weighted by atomic mass is 19.1. The van der Waals surface area contributed by atoms with Crippen LogP contribution in [0.15, 0.2) is 73.2 Å². The number of nitrogens with zero attached hydrogens (tertiary/aromatic N) is 3. The Morgan fingerprint density at radius 2 is 1.64 bits per heavy atom. The highest BCUT2D eigenvalue weighted by Gasteiger charge is 2.08. The van der Waals surface area contributed by atoms with Gasteiger partial charge in [-0.15, -0.1) is 0 Å². The maximum atomic E-state index is 13.4. The third kappa shape index (κ3) is 2.15. The SMILES string of the molecule is Fc1cccc(-c2cn3c(-c4ccccc4)cnc3cn2)c1.